The molecule has 3 nitrogen and oxygen atoms in total. The first kappa shape index (κ1) is 13.0. The van der Waals surface area contributed by atoms with Crippen LogP contribution in [0.2, 0.25) is 0 Å². The first-order chi connectivity index (χ1) is 8.34. The van der Waals surface area contributed by atoms with Crippen molar-refractivity contribution in [1.82, 2.24) is 4.57 Å². The van der Waals surface area contributed by atoms with E-state index in [2.05, 4.69) is 36.7 Å². The van der Waals surface area contributed by atoms with Gasteiger partial charge < -0.3 is 15.0 Å². The van der Waals surface area contributed by atoms with Gasteiger partial charge in [-0.2, -0.15) is 0 Å². The maximum Gasteiger partial charge on any atom is 0.120 e. The van der Waals surface area contributed by atoms with Gasteiger partial charge in [0.15, 0.2) is 0 Å². The Kier molecular flexibility index (Phi) is 3.11. The largest absolute Gasteiger partial charge is 0.497 e. The van der Waals surface area contributed by atoms with E-state index in [-0.39, 0.29) is 5.54 Å². The van der Waals surface area contributed by atoms with Gasteiger partial charge in [0.2, 0.25) is 0 Å². The number of ether oxygens (including phenoxy) is 1. The summed E-state index contributed by atoms with van der Waals surface area (Å²) in [5.41, 5.74) is 8.28. The summed E-state index contributed by atoms with van der Waals surface area (Å²) in [5, 5.41) is 1.21. The van der Waals surface area contributed by atoms with Crippen LogP contribution in [0.25, 0.3) is 10.9 Å². The summed E-state index contributed by atoms with van der Waals surface area (Å²) in [5.74, 6) is 0.879. The molecule has 2 aromatic rings. The lowest BCUT2D eigenvalue weighted by Crippen LogP contribution is -2.28. The molecule has 1 aromatic heterocycles. The molecule has 0 radical (unpaired) electrons. The second-order valence-electron chi connectivity index (χ2n) is 5.65. The van der Waals surface area contributed by atoms with Crippen molar-refractivity contribution in [2.24, 2.45) is 5.73 Å². The average molecular weight is 246 g/mol. The van der Waals surface area contributed by atoms with E-state index >= 15 is 0 Å². The normalized spacial score (nSPS) is 12.4. The van der Waals surface area contributed by atoms with Gasteiger partial charge in [0.05, 0.1) is 12.6 Å². The van der Waals surface area contributed by atoms with Crippen LogP contribution in [0.1, 0.15) is 39.3 Å². The minimum absolute atomic E-state index is 0.340. The summed E-state index contributed by atoms with van der Waals surface area (Å²) in [4.78, 5) is 0. The predicted octanol–water partition coefficient (Wildman–Crippen LogP) is 3.42. The molecule has 0 atom stereocenters. The number of benzene rings is 1. The standard InChI is InChI=1S/C15H22N2O/c1-10(2)17-9-13(15(3,4)16)12-7-6-11(18-5)8-14(12)17/h6-10H,16H2,1-5H3. The number of nitrogens with zero attached hydrogens (tertiary/aromatic N) is 1. The lowest BCUT2D eigenvalue weighted by molar-refractivity contribution is 0.415. The Morgan fingerprint density at radius 3 is 2.44 bits per heavy atom. The number of methoxy groups -OCH3 is 1. The second kappa shape index (κ2) is 4.32. The van der Waals surface area contributed by atoms with Crippen molar-refractivity contribution in [2.45, 2.75) is 39.3 Å². The van der Waals surface area contributed by atoms with Crippen LogP contribution >= 0.6 is 0 Å². The van der Waals surface area contributed by atoms with Crippen LogP contribution in [0.4, 0.5) is 0 Å². The van der Waals surface area contributed by atoms with Gasteiger partial charge in [0.1, 0.15) is 5.75 Å². The first-order valence-electron chi connectivity index (χ1n) is 6.32. The van der Waals surface area contributed by atoms with Crippen molar-refractivity contribution in [3.63, 3.8) is 0 Å². The molecule has 0 saturated carbocycles. The summed E-state index contributed by atoms with van der Waals surface area (Å²) in [6, 6.07) is 6.56. The van der Waals surface area contributed by atoms with E-state index < -0.39 is 0 Å². The number of hydrogen-bond donors (Lipinski definition) is 1. The van der Waals surface area contributed by atoms with Gasteiger partial charge >= 0.3 is 0 Å². The molecule has 2 rings (SSSR count). The summed E-state index contributed by atoms with van der Waals surface area (Å²) in [6.07, 6.45) is 2.16. The molecule has 98 valence electrons. The molecule has 1 heterocycles. The predicted molar refractivity (Wildman–Crippen MR) is 76.1 cm³/mol. The Bertz CT molecular complexity index is 562. The van der Waals surface area contributed by atoms with Crippen molar-refractivity contribution in [3.05, 3.63) is 30.0 Å². The number of hydrogen-bond acceptors (Lipinski definition) is 2. The monoisotopic (exact) mass is 246 g/mol. The minimum atomic E-state index is -0.340. The maximum absolute atomic E-state index is 6.26. The van der Waals surface area contributed by atoms with E-state index in [9.17, 15) is 0 Å². The fourth-order valence-corrected chi connectivity index (χ4v) is 2.30. The molecule has 0 aliphatic heterocycles. The highest BCUT2D eigenvalue weighted by molar-refractivity contribution is 5.86. The summed E-state index contributed by atoms with van der Waals surface area (Å²) < 4.78 is 7.56. The highest BCUT2D eigenvalue weighted by atomic mass is 16.5. The van der Waals surface area contributed by atoms with Crippen LogP contribution < -0.4 is 10.5 Å². The molecule has 2 N–H and O–H groups in total. The summed E-state index contributed by atoms with van der Waals surface area (Å²) >= 11 is 0. The topological polar surface area (TPSA) is 40.2 Å². The second-order valence-corrected chi connectivity index (χ2v) is 5.65. The van der Waals surface area contributed by atoms with Gasteiger partial charge in [-0.1, -0.05) is 0 Å². The third kappa shape index (κ3) is 2.10. The fraction of sp³-hybridized carbons (Fsp3) is 0.467. The smallest absolute Gasteiger partial charge is 0.120 e. The van der Waals surface area contributed by atoms with Gasteiger partial charge in [0, 0.05) is 29.2 Å². The number of aromatic nitrogens is 1. The molecule has 18 heavy (non-hydrogen) atoms. The molecule has 0 aliphatic rings. The zero-order chi connectivity index (χ0) is 13.5. The molecule has 0 fully saturated rings. The van der Waals surface area contributed by atoms with E-state index in [1.807, 2.05) is 19.9 Å². The Labute approximate surface area is 109 Å². The van der Waals surface area contributed by atoms with Crippen LogP contribution in [0, 0.1) is 0 Å². The van der Waals surface area contributed by atoms with Gasteiger partial charge in [-0.15, -0.1) is 0 Å². The number of nitrogens with two attached hydrogens (primary N) is 1. The van der Waals surface area contributed by atoms with E-state index in [1.54, 1.807) is 7.11 Å². The molecule has 0 saturated heterocycles. The first-order valence-corrected chi connectivity index (χ1v) is 6.32. The maximum atomic E-state index is 6.26. The van der Waals surface area contributed by atoms with Crippen LogP contribution in [0.3, 0.4) is 0 Å². The van der Waals surface area contributed by atoms with Gasteiger partial charge in [0.25, 0.3) is 0 Å². The van der Waals surface area contributed by atoms with E-state index in [4.69, 9.17) is 10.5 Å². The van der Waals surface area contributed by atoms with Crippen LogP contribution in [0.15, 0.2) is 24.4 Å². The molecule has 0 unspecified atom stereocenters. The molecule has 3 heteroatoms. The van der Waals surface area contributed by atoms with Crippen molar-refractivity contribution in [1.29, 1.82) is 0 Å². The molecule has 0 amide bonds. The van der Waals surface area contributed by atoms with E-state index in [0.717, 1.165) is 5.75 Å². The quantitative estimate of drug-likeness (QED) is 0.901. The Hall–Kier alpha value is -1.48. The van der Waals surface area contributed by atoms with Gasteiger partial charge in [-0.3, -0.25) is 0 Å². The van der Waals surface area contributed by atoms with E-state index in [0.29, 0.717) is 6.04 Å². The van der Waals surface area contributed by atoms with Crippen molar-refractivity contribution >= 4 is 10.9 Å². The highest BCUT2D eigenvalue weighted by Crippen LogP contribution is 2.32. The van der Waals surface area contributed by atoms with Gasteiger partial charge in [-0.05, 0) is 45.4 Å². The summed E-state index contributed by atoms with van der Waals surface area (Å²) in [6.45, 7) is 8.42. The summed E-state index contributed by atoms with van der Waals surface area (Å²) in [7, 11) is 1.69. The highest BCUT2D eigenvalue weighted by Gasteiger charge is 2.21. The Balaban J connectivity index is 2.76. The Morgan fingerprint density at radius 2 is 1.94 bits per heavy atom. The number of rotatable bonds is 3. The van der Waals surface area contributed by atoms with Crippen molar-refractivity contribution in [2.75, 3.05) is 7.11 Å². The molecular weight excluding hydrogens is 224 g/mol. The van der Waals surface area contributed by atoms with Crippen LogP contribution in [0.5, 0.6) is 5.75 Å². The van der Waals surface area contributed by atoms with Gasteiger partial charge in [-0.25, -0.2) is 0 Å². The zero-order valence-corrected chi connectivity index (χ0v) is 11.8. The lowest BCUT2D eigenvalue weighted by atomic mass is 9.95. The minimum Gasteiger partial charge on any atom is -0.497 e. The lowest BCUT2D eigenvalue weighted by Gasteiger charge is -2.17. The van der Waals surface area contributed by atoms with Crippen molar-refractivity contribution in [3.8, 4) is 5.75 Å². The van der Waals surface area contributed by atoms with E-state index in [1.165, 1.54) is 16.5 Å². The zero-order valence-electron chi connectivity index (χ0n) is 11.8. The Morgan fingerprint density at radius 1 is 1.28 bits per heavy atom. The van der Waals surface area contributed by atoms with Crippen LogP contribution in [-0.2, 0) is 5.54 Å². The third-order valence-corrected chi connectivity index (χ3v) is 3.29. The molecular formula is C15H22N2O. The fourth-order valence-electron chi connectivity index (χ4n) is 2.30. The average Bonchev–Trinajstić information content (AvgIpc) is 2.66. The third-order valence-electron chi connectivity index (χ3n) is 3.29. The number of fused-ring (bicyclic) bond motifs is 1. The SMILES string of the molecule is COc1ccc2c(C(C)(C)N)cn(C(C)C)c2c1. The molecule has 0 spiro atoms. The molecule has 0 bridgehead atoms. The molecule has 1 aromatic carbocycles. The van der Waals surface area contributed by atoms with Crippen LogP contribution in [-0.4, -0.2) is 11.7 Å². The van der Waals surface area contributed by atoms with Crippen molar-refractivity contribution < 1.29 is 4.74 Å². The molecule has 0 aliphatic carbocycles.